The lowest BCUT2D eigenvalue weighted by molar-refractivity contribution is -0.378. The summed E-state index contributed by atoms with van der Waals surface area (Å²) in [4.78, 5) is 14.6. The number of aryl methyl sites for hydroxylation is 1. The molecule has 15 heteroatoms. The molecule has 2 saturated heterocycles. The largest absolute Gasteiger partial charge is 0.504 e. The number of nitrogens with zero attached hydrogens (tertiary/aromatic N) is 3. The molecule has 2 aliphatic heterocycles. The average Bonchev–Trinajstić information content (AvgIpc) is 3.14. The summed E-state index contributed by atoms with van der Waals surface area (Å²) in [6.07, 6.45) is -2.72. The van der Waals surface area contributed by atoms with E-state index in [0.717, 1.165) is 6.92 Å². The quantitative estimate of drug-likeness (QED) is 0.148. The van der Waals surface area contributed by atoms with Crippen LogP contribution in [0.1, 0.15) is 35.3 Å². The van der Waals surface area contributed by atoms with Gasteiger partial charge in [0.2, 0.25) is 17.3 Å². The van der Waals surface area contributed by atoms with Crippen LogP contribution in [0.3, 0.4) is 0 Å². The van der Waals surface area contributed by atoms with Crippen molar-refractivity contribution in [1.82, 2.24) is 20.0 Å². The van der Waals surface area contributed by atoms with E-state index in [4.69, 9.17) is 0 Å². The molecule has 11 N–H and O–H groups in total. The molecule has 34 heavy (non-hydrogen) atoms. The van der Waals surface area contributed by atoms with E-state index >= 15 is 0 Å². The number of carbonyl (C=O) groups excluding carboxylic acids is 1. The van der Waals surface area contributed by atoms with Gasteiger partial charge in [-0.15, -0.1) is 0 Å². The second kappa shape index (κ2) is 7.37. The second-order valence-electron chi connectivity index (χ2n) is 8.86. The number of rotatable bonds is 3. The zero-order valence-electron chi connectivity index (χ0n) is 18.1. The molecule has 15 nitrogen and oxygen atoms in total. The van der Waals surface area contributed by atoms with Crippen LogP contribution in [0.25, 0.3) is 10.9 Å². The SMILES string of the molecule is Cc1c(O)c(O)c(O)c2c(C(=O)NC3C(O)(O)C4CCCC(N4C)C3(O)O)nn(C(O)(O)O)c12. The molecule has 4 rings (SSSR count). The summed E-state index contributed by atoms with van der Waals surface area (Å²) in [5, 5.41) is 107. The van der Waals surface area contributed by atoms with Crippen LogP contribution < -0.4 is 5.32 Å². The summed E-state index contributed by atoms with van der Waals surface area (Å²) < 4.78 is 0.0606. The van der Waals surface area contributed by atoms with Crippen molar-refractivity contribution < 1.29 is 55.9 Å². The van der Waals surface area contributed by atoms with E-state index in [9.17, 15) is 55.9 Å². The van der Waals surface area contributed by atoms with Gasteiger partial charge in [-0.1, -0.05) is 0 Å². The highest BCUT2D eigenvalue weighted by molar-refractivity contribution is 6.09. The molecule has 188 valence electrons. The van der Waals surface area contributed by atoms with Gasteiger partial charge in [-0.25, -0.2) is 0 Å². The normalized spacial score (nSPS) is 26.6. The van der Waals surface area contributed by atoms with E-state index in [2.05, 4.69) is 10.4 Å². The Labute approximate surface area is 191 Å². The molecule has 2 atom stereocenters. The third-order valence-electron chi connectivity index (χ3n) is 6.82. The van der Waals surface area contributed by atoms with Gasteiger partial charge in [0, 0.05) is 5.56 Å². The van der Waals surface area contributed by atoms with Crippen LogP contribution in [0.5, 0.6) is 17.2 Å². The van der Waals surface area contributed by atoms with E-state index in [1.165, 1.54) is 11.9 Å². The van der Waals surface area contributed by atoms with E-state index in [-0.39, 0.29) is 23.1 Å². The minimum atomic E-state index is -3.72. The molecular formula is C19H26N4O11. The van der Waals surface area contributed by atoms with E-state index in [0.29, 0.717) is 6.42 Å². The summed E-state index contributed by atoms with van der Waals surface area (Å²) in [6.45, 7) is 1.15. The van der Waals surface area contributed by atoms with Gasteiger partial charge in [0.25, 0.3) is 5.91 Å². The summed E-state index contributed by atoms with van der Waals surface area (Å²) >= 11 is 0. The Morgan fingerprint density at radius 3 is 2.03 bits per heavy atom. The van der Waals surface area contributed by atoms with Crippen molar-refractivity contribution in [2.75, 3.05) is 7.05 Å². The lowest BCUT2D eigenvalue weighted by Crippen LogP contribution is -2.82. The zero-order valence-corrected chi connectivity index (χ0v) is 18.1. The maximum atomic E-state index is 13.2. The van der Waals surface area contributed by atoms with Crippen LogP contribution in [0.4, 0.5) is 0 Å². The number of aliphatic hydroxyl groups is 7. The van der Waals surface area contributed by atoms with E-state index in [1.54, 1.807) is 0 Å². The molecule has 2 unspecified atom stereocenters. The molecule has 2 aromatic rings. The van der Waals surface area contributed by atoms with Crippen molar-refractivity contribution in [3.05, 3.63) is 11.3 Å². The van der Waals surface area contributed by atoms with Gasteiger partial charge in [-0.05, 0) is 33.2 Å². The maximum Gasteiger partial charge on any atom is 0.389 e. The minimum Gasteiger partial charge on any atom is -0.504 e. The fraction of sp³-hybridized carbons (Fsp3) is 0.579. The number of hydrogen-bond donors (Lipinski definition) is 11. The number of aromatic hydroxyl groups is 3. The fourth-order valence-electron chi connectivity index (χ4n) is 5.15. The van der Waals surface area contributed by atoms with Crippen molar-refractivity contribution in [1.29, 1.82) is 0 Å². The van der Waals surface area contributed by atoms with Crippen LogP contribution in [-0.2, 0) is 6.10 Å². The van der Waals surface area contributed by atoms with Crippen molar-refractivity contribution in [3.8, 4) is 17.2 Å². The highest BCUT2D eigenvalue weighted by Crippen LogP contribution is 2.47. The number of phenols is 3. The molecule has 1 aromatic carbocycles. The highest BCUT2D eigenvalue weighted by Gasteiger charge is 2.64. The van der Waals surface area contributed by atoms with Gasteiger partial charge in [0.15, 0.2) is 17.2 Å². The first-order valence-corrected chi connectivity index (χ1v) is 10.3. The van der Waals surface area contributed by atoms with E-state index in [1.807, 2.05) is 0 Å². The third kappa shape index (κ3) is 3.21. The Morgan fingerprint density at radius 2 is 1.53 bits per heavy atom. The summed E-state index contributed by atoms with van der Waals surface area (Å²) in [5.74, 6) is -10.1. The topological polar surface area (TPSA) is 252 Å². The number of fused-ring (bicyclic) bond motifs is 3. The van der Waals surface area contributed by atoms with Crippen LogP contribution in [0.2, 0.25) is 0 Å². The van der Waals surface area contributed by atoms with Crippen LogP contribution in [0, 0.1) is 6.92 Å². The smallest absolute Gasteiger partial charge is 0.389 e. The molecule has 1 aromatic heterocycles. The maximum absolute atomic E-state index is 13.2. The molecule has 3 heterocycles. The fourth-order valence-corrected chi connectivity index (χ4v) is 5.15. The summed E-state index contributed by atoms with van der Waals surface area (Å²) in [5.41, 5.74) is -1.75. The zero-order chi connectivity index (χ0) is 25.5. The first-order valence-electron chi connectivity index (χ1n) is 10.3. The van der Waals surface area contributed by atoms with Crippen molar-refractivity contribution in [2.45, 2.75) is 62.0 Å². The number of benzene rings is 1. The molecular weight excluding hydrogens is 460 g/mol. The molecule has 2 aliphatic rings. The Kier molecular flexibility index (Phi) is 5.28. The standard InChI is InChI=1S/C19H26N4O11/c1-6-11-9(13(25)14(26)12(6)24)10(21-23(11)19(32,33)34)15(27)20-16-17(28,29)7-4-3-5-8(22(7)2)18(16,30)31/h7-8,16,24-26,28-34H,3-5H2,1-2H3,(H,20,27). The van der Waals surface area contributed by atoms with Crippen LogP contribution in [-0.4, -0.2) is 108 Å². The molecule has 0 saturated carbocycles. The third-order valence-corrected chi connectivity index (χ3v) is 6.82. The molecule has 0 radical (unpaired) electrons. The molecule has 2 fully saturated rings. The lowest BCUT2D eigenvalue weighted by atomic mass is 9.73. The number of phenolic OH excluding ortho intramolecular Hbond substituents is 3. The predicted octanol–water partition coefficient (Wildman–Crippen LogP) is -3.67. The predicted molar refractivity (Wildman–Crippen MR) is 109 cm³/mol. The highest BCUT2D eigenvalue weighted by atomic mass is 16.7. The van der Waals surface area contributed by atoms with Crippen molar-refractivity contribution >= 4 is 16.8 Å². The monoisotopic (exact) mass is 486 g/mol. The molecule has 1 amide bonds. The second-order valence-corrected chi connectivity index (χ2v) is 8.86. The number of aromatic nitrogens is 2. The van der Waals surface area contributed by atoms with Crippen molar-refractivity contribution in [3.63, 3.8) is 0 Å². The molecule has 0 spiro atoms. The first-order chi connectivity index (χ1) is 15.5. The van der Waals surface area contributed by atoms with Gasteiger partial charge >= 0.3 is 6.10 Å². The molecule has 2 bridgehead atoms. The summed E-state index contributed by atoms with van der Waals surface area (Å²) in [6, 6.07) is -4.04. The van der Waals surface area contributed by atoms with Crippen LogP contribution >= 0.6 is 0 Å². The van der Waals surface area contributed by atoms with Crippen molar-refractivity contribution in [2.24, 2.45) is 0 Å². The number of amides is 1. The number of likely N-dealkylation sites (N-methyl/N-ethyl adjacent to an activating group) is 1. The number of carbonyl (C=O) groups is 1. The Morgan fingerprint density at radius 1 is 1.00 bits per heavy atom. The lowest BCUT2D eigenvalue weighted by Gasteiger charge is -2.58. The Hall–Kier alpha value is -2.76. The van der Waals surface area contributed by atoms with Gasteiger partial charge in [0.1, 0.15) is 6.04 Å². The Balaban J connectivity index is 1.86. The average molecular weight is 486 g/mol. The van der Waals surface area contributed by atoms with Gasteiger partial charge in [0.05, 0.1) is 23.0 Å². The van der Waals surface area contributed by atoms with Crippen LogP contribution in [0.15, 0.2) is 0 Å². The van der Waals surface area contributed by atoms with Gasteiger partial charge in [-0.2, -0.15) is 9.78 Å². The number of nitrogens with one attached hydrogen (secondary N) is 1. The van der Waals surface area contributed by atoms with Gasteiger partial charge < -0.3 is 56.4 Å². The first kappa shape index (κ1) is 24.4. The summed E-state index contributed by atoms with van der Waals surface area (Å²) in [7, 11) is 1.48. The molecule has 0 aliphatic carbocycles. The van der Waals surface area contributed by atoms with Gasteiger partial charge in [-0.3, -0.25) is 9.69 Å². The number of piperidine rings is 2. The van der Waals surface area contributed by atoms with E-state index < -0.39 is 75.5 Å². The Bertz CT molecular complexity index is 1150. The minimum absolute atomic E-state index is 0.0606. The number of hydrogen-bond acceptors (Lipinski definition) is 13.